The summed E-state index contributed by atoms with van der Waals surface area (Å²) in [4.78, 5) is 14.1. The number of carbonyl (C=O) groups is 1. The molecular weight excluding hydrogens is 324 g/mol. The molecule has 1 aliphatic heterocycles. The summed E-state index contributed by atoms with van der Waals surface area (Å²) in [6.45, 7) is 1.23. The number of likely N-dealkylation sites (tertiary alicyclic amines) is 1. The highest BCUT2D eigenvalue weighted by Gasteiger charge is 2.27. The summed E-state index contributed by atoms with van der Waals surface area (Å²) >= 11 is 0. The van der Waals surface area contributed by atoms with E-state index in [0.29, 0.717) is 25.2 Å². The van der Waals surface area contributed by atoms with Gasteiger partial charge in [-0.15, -0.1) is 0 Å². The van der Waals surface area contributed by atoms with Gasteiger partial charge in [-0.25, -0.2) is 8.78 Å². The minimum absolute atomic E-state index is 0.195. The zero-order valence-corrected chi connectivity index (χ0v) is 14.2. The van der Waals surface area contributed by atoms with Gasteiger partial charge in [-0.05, 0) is 56.7 Å². The Morgan fingerprint density at radius 2 is 1.68 bits per heavy atom. The summed E-state index contributed by atoms with van der Waals surface area (Å²) in [6.07, 6.45) is 5.70. The number of nitrogens with one attached hydrogen (secondary N) is 1. The van der Waals surface area contributed by atoms with Gasteiger partial charge >= 0.3 is 0 Å². The monoisotopic (exact) mass is 347 g/mol. The Balaban J connectivity index is 1.47. The standard InChI is InChI=1S/C19H23F2N3O/c20-17-6-3-14(11-18(17)21)19(25)24-9-7-16(8-10-24)23-15-4-1-13(12-22)2-5-15/h3,6,11,13,15-16,23H,1-2,4-5,7-10H2. The van der Waals surface area contributed by atoms with Gasteiger partial charge in [0.15, 0.2) is 11.6 Å². The maximum absolute atomic E-state index is 13.3. The molecule has 0 radical (unpaired) electrons. The van der Waals surface area contributed by atoms with Crippen LogP contribution in [0.1, 0.15) is 48.9 Å². The van der Waals surface area contributed by atoms with Crippen LogP contribution in [0.4, 0.5) is 8.78 Å². The lowest BCUT2D eigenvalue weighted by Gasteiger charge is -2.36. The van der Waals surface area contributed by atoms with Crippen molar-refractivity contribution < 1.29 is 13.6 Å². The molecule has 3 rings (SSSR count). The number of nitriles is 1. The van der Waals surface area contributed by atoms with Crippen molar-refractivity contribution in [1.29, 1.82) is 5.26 Å². The smallest absolute Gasteiger partial charge is 0.253 e. The number of hydrogen-bond acceptors (Lipinski definition) is 3. The Hall–Kier alpha value is -2.00. The number of rotatable bonds is 3. The summed E-state index contributed by atoms with van der Waals surface area (Å²) in [5, 5.41) is 12.6. The van der Waals surface area contributed by atoms with Gasteiger partial charge in [-0.3, -0.25) is 4.79 Å². The van der Waals surface area contributed by atoms with E-state index in [-0.39, 0.29) is 17.4 Å². The zero-order chi connectivity index (χ0) is 17.8. The Morgan fingerprint density at radius 3 is 2.28 bits per heavy atom. The second-order valence-electron chi connectivity index (χ2n) is 7.04. The molecule has 4 nitrogen and oxygen atoms in total. The molecule has 0 atom stereocenters. The van der Waals surface area contributed by atoms with Crippen LogP contribution >= 0.6 is 0 Å². The summed E-state index contributed by atoms with van der Waals surface area (Å²) in [6, 6.07) is 6.48. The van der Waals surface area contributed by atoms with Crippen LogP contribution in [0.2, 0.25) is 0 Å². The third-order valence-corrected chi connectivity index (χ3v) is 5.33. The second kappa shape index (κ2) is 7.92. The molecule has 1 aromatic rings. The topological polar surface area (TPSA) is 56.1 Å². The predicted molar refractivity (Wildman–Crippen MR) is 89.8 cm³/mol. The molecule has 1 N–H and O–H groups in total. The van der Waals surface area contributed by atoms with Gasteiger partial charge in [0, 0.05) is 36.7 Å². The van der Waals surface area contributed by atoms with Gasteiger partial charge in [-0.2, -0.15) is 5.26 Å². The van der Waals surface area contributed by atoms with Crippen molar-refractivity contribution in [1.82, 2.24) is 10.2 Å². The molecule has 2 aliphatic rings. The van der Waals surface area contributed by atoms with E-state index in [2.05, 4.69) is 11.4 Å². The van der Waals surface area contributed by atoms with Crippen molar-refractivity contribution in [2.45, 2.75) is 50.6 Å². The van der Waals surface area contributed by atoms with Crippen LogP contribution in [0.3, 0.4) is 0 Å². The van der Waals surface area contributed by atoms with Crippen LogP contribution in [-0.2, 0) is 0 Å². The maximum Gasteiger partial charge on any atom is 0.253 e. The fourth-order valence-corrected chi connectivity index (χ4v) is 3.78. The van der Waals surface area contributed by atoms with E-state index in [9.17, 15) is 13.6 Å². The second-order valence-corrected chi connectivity index (χ2v) is 7.04. The SMILES string of the molecule is N#CC1CCC(NC2CCN(C(=O)c3ccc(F)c(F)c3)CC2)CC1. The molecule has 6 heteroatoms. The molecule has 0 aromatic heterocycles. The van der Waals surface area contributed by atoms with Crippen molar-refractivity contribution in [2.75, 3.05) is 13.1 Å². The Kier molecular flexibility index (Phi) is 5.64. The van der Waals surface area contributed by atoms with E-state index in [4.69, 9.17) is 5.26 Å². The van der Waals surface area contributed by atoms with Crippen LogP contribution in [0, 0.1) is 28.9 Å². The van der Waals surface area contributed by atoms with Gasteiger partial charge in [0.25, 0.3) is 5.91 Å². The Morgan fingerprint density at radius 1 is 1.04 bits per heavy atom. The highest BCUT2D eigenvalue weighted by molar-refractivity contribution is 5.94. The number of benzene rings is 1. The summed E-state index contributed by atoms with van der Waals surface area (Å²) in [7, 11) is 0. The van der Waals surface area contributed by atoms with E-state index in [1.165, 1.54) is 6.07 Å². The highest BCUT2D eigenvalue weighted by Crippen LogP contribution is 2.25. The Bertz CT molecular complexity index is 657. The lowest BCUT2D eigenvalue weighted by atomic mass is 9.86. The zero-order valence-electron chi connectivity index (χ0n) is 14.2. The van der Waals surface area contributed by atoms with Crippen LogP contribution in [0.15, 0.2) is 18.2 Å². The van der Waals surface area contributed by atoms with E-state index in [1.54, 1.807) is 4.90 Å². The maximum atomic E-state index is 13.3. The first-order chi connectivity index (χ1) is 12.1. The molecular formula is C19H23F2N3O. The first-order valence-electron chi connectivity index (χ1n) is 8.97. The molecule has 0 unspecified atom stereocenters. The van der Waals surface area contributed by atoms with Crippen LogP contribution < -0.4 is 5.32 Å². The van der Waals surface area contributed by atoms with E-state index >= 15 is 0 Å². The van der Waals surface area contributed by atoms with Crippen LogP contribution in [0.5, 0.6) is 0 Å². The molecule has 0 spiro atoms. The lowest BCUT2D eigenvalue weighted by molar-refractivity contribution is 0.0698. The molecule has 1 saturated carbocycles. The van der Waals surface area contributed by atoms with Gasteiger partial charge < -0.3 is 10.2 Å². The molecule has 1 heterocycles. The van der Waals surface area contributed by atoms with E-state index in [1.807, 2.05) is 0 Å². The Labute approximate surface area is 146 Å². The first-order valence-corrected chi connectivity index (χ1v) is 8.97. The molecule has 134 valence electrons. The lowest BCUT2D eigenvalue weighted by Crippen LogP contribution is -2.48. The number of piperidine rings is 1. The molecule has 25 heavy (non-hydrogen) atoms. The molecule has 1 aliphatic carbocycles. The highest BCUT2D eigenvalue weighted by atomic mass is 19.2. The molecule has 1 amide bonds. The van der Waals surface area contributed by atoms with E-state index < -0.39 is 11.6 Å². The van der Waals surface area contributed by atoms with Gasteiger partial charge in [0.1, 0.15) is 0 Å². The fraction of sp³-hybridized carbons (Fsp3) is 0.579. The van der Waals surface area contributed by atoms with Crippen molar-refractivity contribution in [2.24, 2.45) is 5.92 Å². The normalized spacial score (nSPS) is 24.8. The fourth-order valence-electron chi connectivity index (χ4n) is 3.78. The number of halogens is 2. The number of hydrogen-bond donors (Lipinski definition) is 1. The summed E-state index contributed by atoms with van der Waals surface area (Å²) in [5.74, 6) is -1.97. The summed E-state index contributed by atoms with van der Waals surface area (Å²) in [5.41, 5.74) is 0.195. The molecule has 2 fully saturated rings. The minimum Gasteiger partial charge on any atom is -0.339 e. The van der Waals surface area contributed by atoms with Gasteiger partial charge in [0.2, 0.25) is 0 Å². The van der Waals surface area contributed by atoms with Crippen molar-refractivity contribution >= 4 is 5.91 Å². The average Bonchev–Trinajstić information content (AvgIpc) is 2.65. The van der Waals surface area contributed by atoms with Crippen LogP contribution in [-0.4, -0.2) is 36.0 Å². The van der Waals surface area contributed by atoms with Crippen molar-refractivity contribution in [3.63, 3.8) is 0 Å². The number of amides is 1. The van der Waals surface area contributed by atoms with E-state index in [0.717, 1.165) is 50.7 Å². The number of carbonyl (C=O) groups excluding carboxylic acids is 1. The third-order valence-electron chi connectivity index (χ3n) is 5.33. The third kappa shape index (κ3) is 4.35. The number of nitrogens with zero attached hydrogens (tertiary/aromatic N) is 2. The minimum atomic E-state index is -0.990. The van der Waals surface area contributed by atoms with Gasteiger partial charge in [-0.1, -0.05) is 0 Å². The first kappa shape index (κ1) is 17.8. The van der Waals surface area contributed by atoms with Crippen molar-refractivity contribution in [3.05, 3.63) is 35.4 Å². The van der Waals surface area contributed by atoms with Crippen LogP contribution in [0.25, 0.3) is 0 Å². The molecule has 0 bridgehead atoms. The largest absolute Gasteiger partial charge is 0.339 e. The molecule has 1 aromatic carbocycles. The average molecular weight is 347 g/mol. The quantitative estimate of drug-likeness (QED) is 0.913. The predicted octanol–water partition coefficient (Wildman–Crippen LogP) is 3.24. The van der Waals surface area contributed by atoms with Crippen molar-refractivity contribution in [3.8, 4) is 6.07 Å². The van der Waals surface area contributed by atoms with Gasteiger partial charge in [0.05, 0.1) is 6.07 Å². The molecule has 1 saturated heterocycles. The summed E-state index contributed by atoms with van der Waals surface area (Å²) < 4.78 is 26.3.